The molecule has 2 aromatic rings. The molecule has 0 amide bonds. The number of fused-ring (bicyclic) bond motifs is 1. The van der Waals surface area contributed by atoms with Gasteiger partial charge in [0.25, 0.3) is 0 Å². The van der Waals surface area contributed by atoms with Crippen molar-refractivity contribution >= 4 is 22.6 Å². The lowest BCUT2D eigenvalue weighted by molar-refractivity contribution is 0.245. The number of anilines is 1. The lowest BCUT2D eigenvalue weighted by Gasteiger charge is -2.33. The van der Waals surface area contributed by atoms with Gasteiger partial charge in [0.1, 0.15) is 11.8 Å². The molecule has 2 saturated heterocycles. The molecule has 2 fully saturated rings. The molecular weight excluding hydrogens is 392 g/mol. The van der Waals surface area contributed by atoms with Gasteiger partial charge >= 0.3 is 0 Å². The van der Waals surface area contributed by atoms with Crippen LogP contribution in [0.3, 0.4) is 0 Å². The molecule has 1 aromatic carbocycles. The average Bonchev–Trinajstić information content (AvgIpc) is 3.52. The Bertz CT molecular complexity index is 913. The molecular formula is C24H30N4OS. The summed E-state index contributed by atoms with van der Waals surface area (Å²) in [5, 5.41) is 1.16. The first-order chi connectivity index (χ1) is 14.8. The van der Waals surface area contributed by atoms with Gasteiger partial charge in [-0.05, 0) is 44.4 Å². The van der Waals surface area contributed by atoms with E-state index in [0.717, 1.165) is 41.9 Å². The summed E-state index contributed by atoms with van der Waals surface area (Å²) in [4.78, 5) is 14.8. The van der Waals surface area contributed by atoms with E-state index in [4.69, 9.17) is 9.73 Å². The summed E-state index contributed by atoms with van der Waals surface area (Å²) >= 11 is 1.88. The van der Waals surface area contributed by atoms with Crippen LogP contribution in [0.5, 0.6) is 5.75 Å². The fourth-order valence-corrected chi connectivity index (χ4v) is 6.24. The molecule has 0 saturated carbocycles. The topological polar surface area (TPSA) is 41.0 Å². The summed E-state index contributed by atoms with van der Waals surface area (Å²) in [6.07, 6.45) is 5.54. The number of amidine groups is 1. The number of thioether (sulfide) groups is 1. The third kappa shape index (κ3) is 3.45. The average molecular weight is 423 g/mol. The zero-order valence-corrected chi connectivity index (χ0v) is 18.6. The lowest BCUT2D eigenvalue weighted by atomic mass is 9.94. The molecule has 0 unspecified atom stereocenters. The molecule has 0 aliphatic carbocycles. The van der Waals surface area contributed by atoms with Crippen LogP contribution in [-0.4, -0.2) is 46.5 Å². The van der Waals surface area contributed by atoms with Crippen molar-refractivity contribution in [1.82, 2.24) is 9.88 Å². The maximum Gasteiger partial charge on any atom is 0.160 e. The smallest absolute Gasteiger partial charge is 0.160 e. The molecule has 5 nitrogen and oxygen atoms in total. The van der Waals surface area contributed by atoms with E-state index in [-0.39, 0.29) is 12.1 Å². The molecule has 5 rings (SSSR count). The van der Waals surface area contributed by atoms with Crippen LogP contribution in [0, 0.1) is 0 Å². The van der Waals surface area contributed by atoms with Crippen LogP contribution < -0.4 is 9.64 Å². The molecule has 0 bridgehead atoms. The number of aliphatic imine (C=N–C) groups is 1. The van der Waals surface area contributed by atoms with Gasteiger partial charge in [0.2, 0.25) is 0 Å². The summed E-state index contributed by atoms with van der Waals surface area (Å²) < 4.78 is 6.22. The Morgan fingerprint density at radius 1 is 1.13 bits per heavy atom. The van der Waals surface area contributed by atoms with Gasteiger partial charge in [-0.1, -0.05) is 30.8 Å². The Labute approximate surface area is 183 Å². The molecule has 1 aromatic heterocycles. The highest BCUT2D eigenvalue weighted by Crippen LogP contribution is 2.51. The van der Waals surface area contributed by atoms with E-state index in [1.54, 1.807) is 0 Å². The predicted molar refractivity (Wildman–Crippen MR) is 125 cm³/mol. The third-order valence-electron chi connectivity index (χ3n) is 6.42. The van der Waals surface area contributed by atoms with Gasteiger partial charge in [-0.3, -0.25) is 9.98 Å². The van der Waals surface area contributed by atoms with Gasteiger partial charge < -0.3 is 14.5 Å². The number of aromatic nitrogens is 1. The van der Waals surface area contributed by atoms with Crippen LogP contribution >= 0.6 is 11.8 Å². The minimum atomic E-state index is -0.0000993. The summed E-state index contributed by atoms with van der Waals surface area (Å²) in [6, 6.07) is 13.6. The second-order valence-corrected chi connectivity index (χ2v) is 9.17. The van der Waals surface area contributed by atoms with E-state index in [1.165, 1.54) is 24.1 Å². The number of rotatable bonds is 6. The highest BCUT2D eigenvalue weighted by atomic mass is 32.2. The minimum absolute atomic E-state index is 0.0000993. The van der Waals surface area contributed by atoms with Crippen LogP contribution in [0.15, 0.2) is 47.6 Å². The van der Waals surface area contributed by atoms with Gasteiger partial charge in [-0.25, -0.2) is 0 Å². The summed E-state index contributed by atoms with van der Waals surface area (Å²) in [5.74, 6) is 2.10. The highest BCUT2D eigenvalue weighted by Gasteiger charge is 2.46. The zero-order valence-electron chi connectivity index (χ0n) is 17.8. The van der Waals surface area contributed by atoms with Crippen molar-refractivity contribution < 1.29 is 4.74 Å². The van der Waals surface area contributed by atoms with Crippen LogP contribution in [0.2, 0.25) is 0 Å². The molecule has 3 aliphatic rings. The first-order valence-corrected chi connectivity index (χ1v) is 12.2. The molecule has 30 heavy (non-hydrogen) atoms. The lowest BCUT2D eigenvalue weighted by Crippen LogP contribution is -2.35. The maximum absolute atomic E-state index is 6.22. The van der Waals surface area contributed by atoms with E-state index in [0.29, 0.717) is 12.6 Å². The molecule has 158 valence electrons. The summed E-state index contributed by atoms with van der Waals surface area (Å²) in [7, 11) is 0. The normalized spacial score (nSPS) is 25.5. The molecule has 0 N–H and O–H groups in total. The first-order valence-electron chi connectivity index (χ1n) is 11.2. The van der Waals surface area contributed by atoms with Crippen molar-refractivity contribution in [2.75, 3.05) is 30.3 Å². The van der Waals surface area contributed by atoms with Crippen molar-refractivity contribution in [3.05, 3.63) is 53.9 Å². The Morgan fingerprint density at radius 2 is 2.00 bits per heavy atom. The zero-order chi connectivity index (χ0) is 20.5. The van der Waals surface area contributed by atoms with E-state index in [2.05, 4.69) is 59.0 Å². The number of pyridine rings is 1. The van der Waals surface area contributed by atoms with Crippen molar-refractivity contribution in [2.45, 2.75) is 51.2 Å². The monoisotopic (exact) mass is 422 g/mol. The van der Waals surface area contributed by atoms with Crippen LogP contribution in [0.4, 0.5) is 5.69 Å². The highest BCUT2D eigenvalue weighted by molar-refractivity contribution is 8.14. The molecule has 3 aliphatic heterocycles. The number of benzene rings is 1. The molecule has 4 heterocycles. The second-order valence-electron chi connectivity index (χ2n) is 8.19. The maximum atomic E-state index is 6.22. The van der Waals surface area contributed by atoms with Gasteiger partial charge in [0.15, 0.2) is 5.17 Å². The Hall–Kier alpha value is -2.21. The van der Waals surface area contributed by atoms with Gasteiger partial charge in [-0.15, -0.1) is 0 Å². The van der Waals surface area contributed by atoms with Gasteiger partial charge in [0.05, 0.1) is 18.3 Å². The Morgan fingerprint density at radius 3 is 2.73 bits per heavy atom. The van der Waals surface area contributed by atoms with Crippen LogP contribution in [-0.2, 0) is 0 Å². The molecule has 0 spiro atoms. The van der Waals surface area contributed by atoms with E-state index in [9.17, 15) is 0 Å². The fourth-order valence-electron chi connectivity index (χ4n) is 4.91. The summed E-state index contributed by atoms with van der Waals surface area (Å²) in [6.45, 7) is 7.29. The van der Waals surface area contributed by atoms with Gasteiger partial charge in [0, 0.05) is 48.4 Å². The van der Waals surface area contributed by atoms with Crippen LogP contribution in [0.25, 0.3) is 0 Å². The predicted octanol–water partition coefficient (Wildman–Crippen LogP) is 5.06. The Kier molecular flexibility index (Phi) is 5.59. The van der Waals surface area contributed by atoms with E-state index < -0.39 is 0 Å². The standard InChI is InChI=1S/C24H30N4OS/c1-3-17-16-30-24-26-22(20-9-5-6-12-25-20)23(28(17)24)19-11-10-18(15-21(19)29-4-2)27-13-7-8-14-27/h5-6,9-12,15,17,22-23H,3-4,7-8,13-14,16H2,1-2H3/t17-,22-,23+/m0/s1. The van der Waals surface area contributed by atoms with Crippen LogP contribution in [0.1, 0.15) is 56.5 Å². The molecule has 0 radical (unpaired) electrons. The van der Waals surface area contributed by atoms with Crippen molar-refractivity contribution in [3.8, 4) is 5.75 Å². The van der Waals surface area contributed by atoms with Gasteiger partial charge in [-0.2, -0.15) is 0 Å². The van der Waals surface area contributed by atoms with E-state index in [1.807, 2.05) is 24.0 Å². The summed E-state index contributed by atoms with van der Waals surface area (Å²) in [5.41, 5.74) is 3.54. The number of hydrogen-bond donors (Lipinski definition) is 0. The largest absolute Gasteiger partial charge is 0.493 e. The number of ether oxygens (including phenoxy) is 1. The quantitative estimate of drug-likeness (QED) is 0.651. The third-order valence-corrected chi connectivity index (χ3v) is 7.54. The minimum Gasteiger partial charge on any atom is -0.493 e. The molecule has 3 atom stereocenters. The van der Waals surface area contributed by atoms with Crippen molar-refractivity contribution in [2.24, 2.45) is 4.99 Å². The number of hydrogen-bond acceptors (Lipinski definition) is 6. The SMILES string of the molecule is CCOc1cc(N2CCCC2)ccc1[C@@H]1[C@H](c2ccccn2)N=C2SC[C@H](CC)N21. The molecule has 6 heteroatoms. The first kappa shape index (κ1) is 19.7. The van der Waals surface area contributed by atoms with E-state index >= 15 is 0 Å². The number of nitrogens with zero attached hydrogens (tertiary/aromatic N) is 4. The van der Waals surface area contributed by atoms with Crippen molar-refractivity contribution in [3.63, 3.8) is 0 Å². The van der Waals surface area contributed by atoms with Crippen molar-refractivity contribution in [1.29, 1.82) is 0 Å². The second kappa shape index (κ2) is 8.50. The Balaban J connectivity index is 1.58. The fraction of sp³-hybridized carbons (Fsp3) is 0.500.